The molecular formula is C14H21N3. The first-order chi connectivity index (χ1) is 8.12. The molecule has 0 fully saturated rings. The summed E-state index contributed by atoms with van der Waals surface area (Å²) in [7, 11) is 0. The van der Waals surface area contributed by atoms with Gasteiger partial charge in [0, 0.05) is 18.5 Å². The molecule has 1 N–H and O–H groups in total. The third-order valence-electron chi connectivity index (χ3n) is 2.98. The summed E-state index contributed by atoms with van der Waals surface area (Å²) in [6.45, 7) is 9.64. The van der Waals surface area contributed by atoms with Crippen molar-refractivity contribution in [3.63, 3.8) is 0 Å². The second-order valence-electron chi connectivity index (χ2n) is 5.31. The van der Waals surface area contributed by atoms with Crippen molar-refractivity contribution >= 4 is 10.9 Å². The van der Waals surface area contributed by atoms with Gasteiger partial charge in [-0.25, -0.2) is 0 Å². The number of fused-ring (bicyclic) bond motifs is 1. The molecule has 0 saturated carbocycles. The van der Waals surface area contributed by atoms with E-state index in [4.69, 9.17) is 0 Å². The van der Waals surface area contributed by atoms with Gasteiger partial charge >= 0.3 is 0 Å². The topological polar surface area (TPSA) is 29.9 Å². The molecule has 1 aromatic heterocycles. The van der Waals surface area contributed by atoms with Gasteiger partial charge in [0.2, 0.25) is 0 Å². The SMILES string of the molecule is CCNCC(C)(C)Cn1ncc2ccccc21. The molecule has 92 valence electrons. The van der Waals surface area contributed by atoms with Crippen LogP contribution in [0.1, 0.15) is 20.8 Å². The van der Waals surface area contributed by atoms with E-state index in [2.05, 4.69) is 60.1 Å². The van der Waals surface area contributed by atoms with Crippen LogP contribution in [0.25, 0.3) is 10.9 Å². The van der Waals surface area contributed by atoms with Gasteiger partial charge in [-0.1, -0.05) is 39.0 Å². The lowest BCUT2D eigenvalue weighted by Crippen LogP contribution is -2.33. The van der Waals surface area contributed by atoms with Crippen molar-refractivity contribution in [3.8, 4) is 0 Å². The van der Waals surface area contributed by atoms with Gasteiger partial charge < -0.3 is 5.32 Å². The predicted octanol–water partition coefficient (Wildman–Crippen LogP) is 2.67. The second-order valence-corrected chi connectivity index (χ2v) is 5.31. The van der Waals surface area contributed by atoms with Gasteiger partial charge in [0.25, 0.3) is 0 Å². The van der Waals surface area contributed by atoms with Crippen molar-refractivity contribution in [3.05, 3.63) is 30.5 Å². The van der Waals surface area contributed by atoms with E-state index in [1.165, 1.54) is 10.9 Å². The van der Waals surface area contributed by atoms with E-state index in [-0.39, 0.29) is 5.41 Å². The van der Waals surface area contributed by atoms with Crippen molar-refractivity contribution in [2.24, 2.45) is 5.41 Å². The molecule has 17 heavy (non-hydrogen) atoms. The maximum Gasteiger partial charge on any atom is 0.0682 e. The van der Waals surface area contributed by atoms with Crippen LogP contribution < -0.4 is 5.32 Å². The molecule has 0 aliphatic carbocycles. The Bertz CT molecular complexity index is 485. The first-order valence-corrected chi connectivity index (χ1v) is 6.24. The maximum atomic E-state index is 4.48. The first kappa shape index (κ1) is 12.1. The summed E-state index contributed by atoms with van der Waals surface area (Å²) in [5, 5.41) is 9.10. The fourth-order valence-electron chi connectivity index (χ4n) is 2.08. The summed E-state index contributed by atoms with van der Waals surface area (Å²) in [5.74, 6) is 0. The van der Waals surface area contributed by atoms with Crippen LogP contribution in [0, 0.1) is 5.41 Å². The largest absolute Gasteiger partial charge is 0.316 e. The third kappa shape index (κ3) is 2.86. The van der Waals surface area contributed by atoms with Crippen molar-refractivity contribution in [1.82, 2.24) is 15.1 Å². The monoisotopic (exact) mass is 231 g/mol. The second kappa shape index (κ2) is 4.88. The van der Waals surface area contributed by atoms with Gasteiger partial charge in [0.05, 0.1) is 11.7 Å². The van der Waals surface area contributed by atoms with Gasteiger partial charge in [0.15, 0.2) is 0 Å². The van der Waals surface area contributed by atoms with E-state index in [1.807, 2.05) is 6.20 Å². The highest BCUT2D eigenvalue weighted by molar-refractivity contribution is 5.78. The van der Waals surface area contributed by atoms with E-state index in [9.17, 15) is 0 Å². The molecule has 1 aromatic carbocycles. The van der Waals surface area contributed by atoms with E-state index in [1.54, 1.807) is 0 Å². The molecule has 0 saturated heterocycles. The Hall–Kier alpha value is -1.35. The normalized spacial score (nSPS) is 12.2. The number of rotatable bonds is 5. The van der Waals surface area contributed by atoms with E-state index in [0.717, 1.165) is 19.6 Å². The molecule has 3 heteroatoms. The van der Waals surface area contributed by atoms with E-state index >= 15 is 0 Å². The standard InChI is InChI=1S/C14H21N3/c1-4-15-10-14(2,3)11-17-13-8-6-5-7-12(13)9-16-17/h5-9,15H,4,10-11H2,1-3H3. The zero-order valence-corrected chi connectivity index (χ0v) is 10.9. The summed E-state index contributed by atoms with van der Waals surface area (Å²) in [4.78, 5) is 0. The summed E-state index contributed by atoms with van der Waals surface area (Å²) in [6.07, 6.45) is 1.94. The van der Waals surface area contributed by atoms with Gasteiger partial charge in [-0.05, 0) is 18.0 Å². The molecular weight excluding hydrogens is 210 g/mol. The van der Waals surface area contributed by atoms with Crippen LogP contribution in [-0.2, 0) is 6.54 Å². The highest BCUT2D eigenvalue weighted by atomic mass is 15.3. The Balaban J connectivity index is 2.18. The van der Waals surface area contributed by atoms with Crippen LogP contribution in [0.3, 0.4) is 0 Å². The van der Waals surface area contributed by atoms with Crippen LogP contribution in [0.5, 0.6) is 0 Å². The van der Waals surface area contributed by atoms with Crippen molar-refractivity contribution in [2.45, 2.75) is 27.3 Å². The number of hydrogen-bond acceptors (Lipinski definition) is 2. The summed E-state index contributed by atoms with van der Waals surface area (Å²) >= 11 is 0. The van der Waals surface area contributed by atoms with E-state index in [0.29, 0.717) is 0 Å². The fraction of sp³-hybridized carbons (Fsp3) is 0.500. The minimum absolute atomic E-state index is 0.213. The maximum absolute atomic E-state index is 4.48. The van der Waals surface area contributed by atoms with Crippen molar-refractivity contribution in [2.75, 3.05) is 13.1 Å². The van der Waals surface area contributed by atoms with Gasteiger partial charge in [-0.2, -0.15) is 5.10 Å². The zero-order valence-electron chi connectivity index (χ0n) is 10.9. The Morgan fingerprint density at radius 1 is 1.29 bits per heavy atom. The minimum Gasteiger partial charge on any atom is -0.316 e. The summed E-state index contributed by atoms with van der Waals surface area (Å²) in [5.41, 5.74) is 1.43. The summed E-state index contributed by atoms with van der Waals surface area (Å²) < 4.78 is 2.10. The van der Waals surface area contributed by atoms with E-state index < -0.39 is 0 Å². The van der Waals surface area contributed by atoms with Crippen molar-refractivity contribution < 1.29 is 0 Å². The third-order valence-corrected chi connectivity index (χ3v) is 2.98. The Morgan fingerprint density at radius 2 is 2.06 bits per heavy atom. The Labute approximate surface area is 103 Å². The summed E-state index contributed by atoms with van der Waals surface area (Å²) in [6, 6.07) is 8.36. The Kier molecular flexibility index (Phi) is 3.48. The predicted molar refractivity (Wildman–Crippen MR) is 72.1 cm³/mol. The molecule has 0 bridgehead atoms. The molecule has 2 rings (SSSR count). The molecule has 0 amide bonds. The average molecular weight is 231 g/mol. The molecule has 0 atom stereocenters. The first-order valence-electron chi connectivity index (χ1n) is 6.24. The number of nitrogens with one attached hydrogen (secondary N) is 1. The molecule has 3 nitrogen and oxygen atoms in total. The number of aromatic nitrogens is 2. The lowest BCUT2D eigenvalue weighted by atomic mass is 9.93. The number of hydrogen-bond donors (Lipinski definition) is 1. The molecule has 2 aromatic rings. The number of benzene rings is 1. The van der Waals surface area contributed by atoms with Crippen LogP contribution in [0.15, 0.2) is 30.5 Å². The molecule has 0 radical (unpaired) electrons. The number of nitrogens with zero attached hydrogens (tertiary/aromatic N) is 2. The quantitative estimate of drug-likeness (QED) is 0.857. The molecule has 0 spiro atoms. The zero-order chi connectivity index (χ0) is 12.3. The van der Waals surface area contributed by atoms with Crippen LogP contribution in [-0.4, -0.2) is 22.9 Å². The molecule has 1 heterocycles. The lowest BCUT2D eigenvalue weighted by molar-refractivity contribution is 0.283. The smallest absolute Gasteiger partial charge is 0.0682 e. The number of para-hydroxylation sites is 1. The fourth-order valence-corrected chi connectivity index (χ4v) is 2.08. The van der Waals surface area contributed by atoms with Crippen LogP contribution in [0.2, 0.25) is 0 Å². The van der Waals surface area contributed by atoms with Gasteiger partial charge in [-0.15, -0.1) is 0 Å². The van der Waals surface area contributed by atoms with Gasteiger partial charge in [-0.3, -0.25) is 4.68 Å². The Morgan fingerprint density at radius 3 is 2.82 bits per heavy atom. The van der Waals surface area contributed by atoms with Gasteiger partial charge in [0.1, 0.15) is 0 Å². The highest BCUT2D eigenvalue weighted by Gasteiger charge is 2.19. The van der Waals surface area contributed by atoms with Crippen LogP contribution >= 0.6 is 0 Å². The molecule has 0 aliphatic heterocycles. The average Bonchev–Trinajstić information content (AvgIpc) is 2.70. The molecule has 0 unspecified atom stereocenters. The lowest BCUT2D eigenvalue weighted by Gasteiger charge is -2.25. The van der Waals surface area contributed by atoms with Crippen molar-refractivity contribution in [1.29, 1.82) is 0 Å². The minimum atomic E-state index is 0.213. The highest BCUT2D eigenvalue weighted by Crippen LogP contribution is 2.20. The van der Waals surface area contributed by atoms with Crippen LogP contribution in [0.4, 0.5) is 0 Å². The molecule has 0 aliphatic rings.